The molecule has 3 atom stereocenters. The van der Waals surface area contributed by atoms with Crippen molar-refractivity contribution >= 4 is 5.96 Å². The topological polar surface area (TPSA) is 64.1 Å². The van der Waals surface area contributed by atoms with Gasteiger partial charge in [0.25, 0.3) is 0 Å². The van der Waals surface area contributed by atoms with Gasteiger partial charge >= 0.3 is 0 Å². The minimum absolute atomic E-state index is 0.117. The number of rotatable bonds is 8. The summed E-state index contributed by atoms with van der Waals surface area (Å²) >= 11 is 0. The maximum atomic E-state index is 13.2. The molecule has 0 aromatic heterocycles. The van der Waals surface area contributed by atoms with Gasteiger partial charge in [0.05, 0.1) is 25.9 Å². The molecule has 2 N–H and O–H groups in total. The fourth-order valence-corrected chi connectivity index (χ4v) is 2.45. The SMILES string of the molecule is CN=C(NCC(C)Oc1cccc(F)c1)NC(C)COC1CCOC1. The standard InChI is InChI=1S/C18H28FN3O3/c1-13(11-24-17-7-8-23-12-17)22-18(20-3)21-10-14(2)25-16-6-4-5-15(19)9-16/h4-6,9,13-14,17H,7-8,10-12H2,1-3H3,(H2,20,21,22). The van der Waals surface area contributed by atoms with Gasteiger partial charge in [-0.1, -0.05) is 6.07 Å². The van der Waals surface area contributed by atoms with Crippen LogP contribution in [-0.4, -0.2) is 57.6 Å². The first-order valence-corrected chi connectivity index (χ1v) is 8.65. The quantitative estimate of drug-likeness (QED) is 0.552. The first kappa shape index (κ1) is 19.5. The van der Waals surface area contributed by atoms with Gasteiger partial charge in [0, 0.05) is 25.8 Å². The van der Waals surface area contributed by atoms with E-state index in [0.717, 1.165) is 13.0 Å². The van der Waals surface area contributed by atoms with Gasteiger partial charge in [-0.3, -0.25) is 4.99 Å². The lowest BCUT2D eigenvalue weighted by Crippen LogP contribution is -2.46. The van der Waals surface area contributed by atoms with E-state index in [1.165, 1.54) is 12.1 Å². The third-order valence-electron chi connectivity index (χ3n) is 3.77. The molecular weight excluding hydrogens is 325 g/mol. The van der Waals surface area contributed by atoms with Crippen molar-refractivity contribution < 1.29 is 18.6 Å². The van der Waals surface area contributed by atoms with E-state index >= 15 is 0 Å². The van der Waals surface area contributed by atoms with Crippen LogP contribution in [0.15, 0.2) is 29.3 Å². The highest BCUT2D eigenvalue weighted by atomic mass is 19.1. The van der Waals surface area contributed by atoms with Crippen LogP contribution in [0.3, 0.4) is 0 Å². The molecule has 2 rings (SSSR count). The zero-order chi connectivity index (χ0) is 18.1. The predicted octanol–water partition coefficient (Wildman–Crippen LogP) is 1.95. The van der Waals surface area contributed by atoms with Crippen molar-refractivity contribution in [1.29, 1.82) is 0 Å². The normalized spacial score (nSPS) is 20.2. The van der Waals surface area contributed by atoms with E-state index in [-0.39, 0.29) is 24.1 Å². The molecule has 0 amide bonds. The average Bonchev–Trinajstić information content (AvgIpc) is 3.10. The van der Waals surface area contributed by atoms with Crippen LogP contribution in [0.25, 0.3) is 0 Å². The fraction of sp³-hybridized carbons (Fsp3) is 0.611. The second-order valence-electron chi connectivity index (χ2n) is 6.20. The maximum Gasteiger partial charge on any atom is 0.191 e. The van der Waals surface area contributed by atoms with Gasteiger partial charge in [-0.05, 0) is 32.4 Å². The van der Waals surface area contributed by atoms with E-state index in [4.69, 9.17) is 14.2 Å². The molecule has 0 aliphatic carbocycles. The molecule has 1 fully saturated rings. The van der Waals surface area contributed by atoms with Crippen LogP contribution in [0.1, 0.15) is 20.3 Å². The summed E-state index contributed by atoms with van der Waals surface area (Å²) in [5.41, 5.74) is 0. The maximum absolute atomic E-state index is 13.2. The molecule has 6 nitrogen and oxygen atoms in total. The third kappa shape index (κ3) is 7.27. The van der Waals surface area contributed by atoms with Gasteiger partial charge in [0.2, 0.25) is 0 Å². The van der Waals surface area contributed by atoms with Crippen molar-refractivity contribution in [1.82, 2.24) is 10.6 Å². The van der Waals surface area contributed by atoms with Crippen LogP contribution in [0.5, 0.6) is 5.75 Å². The highest BCUT2D eigenvalue weighted by Crippen LogP contribution is 2.13. The number of hydrogen-bond donors (Lipinski definition) is 2. The number of aliphatic imine (C=N–C) groups is 1. The summed E-state index contributed by atoms with van der Waals surface area (Å²) in [6.07, 6.45) is 1.01. The largest absolute Gasteiger partial charge is 0.489 e. The zero-order valence-electron chi connectivity index (χ0n) is 15.1. The van der Waals surface area contributed by atoms with Crippen molar-refractivity contribution in [2.45, 2.75) is 38.5 Å². The number of benzene rings is 1. The highest BCUT2D eigenvalue weighted by Gasteiger charge is 2.17. The first-order valence-electron chi connectivity index (χ1n) is 8.65. The van der Waals surface area contributed by atoms with E-state index in [0.29, 0.717) is 31.5 Å². The monoisotopic (exact) mass is 353 g/mol. The average molecular weight is 353 g/mol. The number of nitrogens with one attached hydrogen (secondary N) is 2. The molecule has 1 aromatic carbocycles. The Morgan fingerprint density at radius 1 is 1.44 bits per heavy atom. The Morgan fingerprint density at radius 2 is 2.28 bits per heavy atom. The van der Waals surface area contributed by atoms with Gasteiger partial charge in [0.15, 0.2) is 5.96 Å². The molecule has 1 aliphatic rings. The Hall–Kier alpha value is -1.86. The minimum Gasteiger partial charge on any atom is -0.489 e. The van der Waals surface area contributed by atoms with Crippen molar-refractivity contribution in [3.63, 3.8) is 0 Å². The van der Waals surface area contributed by atoms with Crippen molar-refractivity contribution in [3.05, 3.63) is 30.1 Å². The summed E-state index contributed by atoms with van der Waals surface area (Å²) in [6.45, 7) is 6.53. The molecule has 0 radical (unpaired) electrons. The Balaban J connectivity index is 1.68. The molecule has 1 aliphatic heterocycles. The van der Waals surface area contributed by atoms with Gasteiger partial charge in [-0.2, -0.15) is 0 Å². The van der Waals surface area contributed by atoms with Crippen LogP contribution < -0.4 is 15.4 Å². The van der Waals surface area contributed by atoms with Crippen LogP contribution >= 0.6 is 0 Å². The minimum atomic E-state index is -0.309. The molecule has 0 saturated carbocycles. The van der Waals surface area contributed by atoms with Gasteiger partial charge in [-0.15, -0.1) is 0 Å². The third-order valence-corrected chi connectivity index (χ3v) is 3.77. The van der Waals surface area contributed by atoms with Crippen molar-refractivity contribution in [3.8, 4) is 5.75 Å². The van der Waals surface area contributed by atoms with Gasteiger partial charge in [0.1, 0.15) is 17.7 Å². The first-order chi connectivity index (χ1) is 12.1. The van der Waals surface area contributed by atoms with Crippen LogP contribution in [0, 0.1) is 5.82 Å². The zero-order valence-corrected chi connectivity index (χ0v) is 15.1. The summed E-state index contributed by atoms with van der Waals surface area (Å²) in [4.78, 5) is 4.20. The van der Waals surface area contributed by atoms with Crippen LogP contribution in [0.4, 0.5) is 4.39 Å². The molecule has 0 spiro atoms. The van der Waals surface area contributed by atoms with Crippen LogP contribution in [-0.2, 0) is 9.47 Å². The molecule has 1 heterocycles. The fourth-order valence-electron chi connectivity index (χ4n) is 2.45. The van der Waals surface area contributed by atoms with E-state index in [2.05, 4.69) is 15.6 Å². The van der Waals surface area contributed by atoms with E-state index in [9.17, 15) is 4.39 Å². The predicted molar refractivity (Wildman–Crippen MR) is 95.6 cm³/mol. The molecule has 3 unspecified atom stereocenters. The lowest BCUT2D eigenvalue weighted by Gasteiger charge is -2.21. The van der Waals surface area contributed by atoms with E-state index < -0.39 is 0 Å². The molecule has 0 bridgehead atoms. The number of halogens is 1. The lowest BCUT2D eigenvalue weighted by atomic mass is 10.3. The molecule has 1 saturated heterocycles. The van der Waals surface area contributed by atoms with Gasteiger partial charge in [-0.25, -0.2) is 4.39 Å². The summed E-state index contributed by atoms with van der Waals surface area (Å²) in [5.74, 6) is 0.878. The number of ether oxygens (including phenoxy) is 3. The number of guanidine groups is 1. The summed E-state index contributed by atoms with van der Waals surface area (Å²) < 4.78 is 29.9. The molecule has 140 valence electrons. The van der Waals surface area contributed by atoms with Crippen molar-refractivity contribution in [2.75, 3.05) is 33.4 Å². The Labute approximate surface area is 148 Å². The van der Waals surface area contributed by atoms with E-state index in [1.54, 1.807) is 19.2 Å². The molecule has 7 heteroatoms. The van der Waals surface area contributed by atoms with E-state index in [1.807, 2.05) is 13.8 Å². The summed E-state index contributed by atoms with van der Waals surface area (Å²) in [7, 11) is 1.71. The Kier molecular flexibility index (Phi) is 7.94. The smallest absolute Gasteiger partial charge is 0.191 e. The highest BCUT2D eigenvalue weighted by molar-refractivity contribution is 5.79. The summed E-state index contributed by atoms with van der Waals surface area (Å²) in [5, 5.41) is 6.48. The molecule has 25 heavy (non-hydrogen) atoms. The molecular formula is C18H28FN3O3. The Morgan fingerprint density at radius 3 is 2.96 bits per heavy atom. The lowest BCUT2D eigenvalue weighted by molar-refractivity contribution is 0.0347. The Bertz CT molecular complexity index is 550. The van der Waals surface area contributed by atoms with Gasteiger partial charge < -0.3 is 24.8 Å². The number of hydrogen-bond acceptors (Lipinski definition) is 4. The second-order valence-corrected chi connectivity index (χ2v) is 6.20. The second kappa shape index (κ2) is 10.2. The van der Waals surface area contributed by atoms with Crippen molar-refractivity contribution in [2.24, 2.45) is 4.99 Å². The number of nitrogens with zero attached hydrogens (tertiary/aromatic N) is 1. The summed E-state index contributed by atoms with van der Waals surface area (Å²) in [6, 6.07) is 6.24. The molecule has 1 aromatic rings. The van der Waals surface area contributed by atoms with Crippen LogP contribution in [0.2, 0.25) is 0 Å².